The number of hydrogen-bond donors (Lipinski definition) is 4. The van der Waals surface area contributed by atoms with Crippen molar-refractivity contribution in [3.8, 4) is 0 Å². The van der Waals surface area contributed by atoms with Crippen molar-refractivity contribution in [2.24, 2.45) is 23.7 Å². The number of oxime groups is 1. The zero-order valence-electron chi connectivity index (χ0n) is 18.5. The van der Waals surface area contributed by atoms with Gasteiger partial charge in [0.1, 0.15) is 12.2 Å². The van der Waals surface area contributed by atoms with Crippen LogP contribution in [0.25, 0.3) is 0 Å². The van der Waals surface area contributed by atoms with E-state index in [9.17, 15) is 18.0 Å². The maximum Gasteiger partial charge on any atom is 0.277 e. The van der Waals surface area contributed by atoms with E-state index < -0.39 is 21.2 Å². The molecule has 6 N–H and O–H groups in total. The van der Waals surface area contributed by atoms with Crippen LogP contribution < -0.4 is 22.3 Å². The molecule has 1 aliphatic rings. The van der Waals surface area contributed by atoms with E-state index >= 15 is 0 Å². The lowest BCUT2D eigenvalue weighted by Gasteiger charge is -2.13. The summed E-state index contributed by atoms with van der Waals surface area (Å²) in [6.07, 6.45) is 2.89. The molecule has 11 nitrogen and oxygen atoms in total. The number of nitrogens with one attached hydrogen (secondary N) is 2. The molecule has 1 aromatic heterocycles. The molecule has 3 rings (SSSR count). The Hall–Kier alpha value is -2.80. The van der Waals surface area contributed by atoms with Gasteiger partial charge in [-0.15, -0.1) is 0 Å². The highest BCUT2D eigenvalue weighted by Crippen LogP contribution is 2.27. The van der Waals surface area contributed by atoms with E-state index in [1.54, 1.807) is 6.92 Å². The van der Waals surface area contributed by atoms with Crippen molar-refractivity contribution in [2.45, 2.75) is 18.2 Å². The number of aromatic amines is 1. The molecule has 0 radical (unpaired) electrons. The van der Waals surface area contributed by atoms with Gasteiger partial charge < -0.3 is 26.7 Å². The number of H-pyrrole nitrogens is 1. The van der Waals surface area contributed by atoms with Gasteiger partial charge in [0.2, 0.25) is 0 Å². The number of ketones is 1. The minimum atomic E-state index is -3.52. The van der Waals surface area contributed by atoms with Crippen molar-refractivity contribution >= 4 is 21.3 Å². The number of carbonyl (C=O) groups excluding carboxylic acids is 1. The third-order valence-corrected chi connectivity index (χ3v) is 5.93. The normalized spacial score (nSPS) is 13.2. The van der Waals surface area contributed by atoms with Crippen molar-refractivity contribution in [3.05, 3.63) is 50.9 Å². The van der Waals surface area contributed by atoms with Crippen LogP contribution in [0.2, 0.25) is 0 Å². The number of aromatic nitrogens is 2. The summed E-state index contributed by atoms with van der Waals surface area (Å²) >= 11 is 0. The van der Waals surface area contributed by atoms with Gasteiger partial charge in [0.15, 0.2) is 15.6 Å². The van der Waals surface area contributed by atoms with Gasteiger partial charge >= 0.3 is 0 Å². The van der Waals surface area contributed by atoms with Gasteiger partial charge in [0.05, 0.1) is 10.6 Å². The predicted molar refractivity (Wildman–Crippen MR) is 122 cm³/mol. The fraction of sp³-hybridized carbons (Fsp3) is 0.450. The number of carbonyl (C=O) groups is 1. The zero-order chi connectivity index (χ0) is 23.9. The minimum absolute atomic E-state index is 0.00623. The largest absolute Gasteiger partial charge is 0.395 e. The molecule has 0 spiro atoms. The molecule has 32 heavy (non-hydrogen) atoms. The van der Waals surface area contributed by atoms with Gasteiger partial charge in [-0.3, -0.25) is 14.3 Å². The van der Waals surface area contributed by atoms with Crippen LogP contribution in [0.4, 0.5) is 0 Å². The zero-order valence-corrected chi connectivity index (χ0v) is 19.3. The summed E-state index contributed by atoms with van der Waals surface area (Å²) in [5.41, 5.74) is 11.5. The van der Waals surface area contributed by atoms with Crippen molar-refractivity contribution in [1.29, 1.82) is 0 Å². The molecule has 0 bridgehead atoms. The average Bonchev–Trinajstić information content (AvgIpc) is 3.38. The first kappa shape index (κ1) is 25.5. The first-order chi connectivity index (χ1) is 15.1. The molecule has 1 aliphatic heterocycles. The molecule has 2 aromatic rings. The molecule has 0 unspecified atom stereocenters. The molecule has 0 atom stereocenters. The molecule has 0 saturated carbocycles. The maximum atomic E-state index is 12.8. The molecule has 2 heterocycles. The summed E-state index contributed by atoms with van der Waals surface area (Å²) in [7, 11) is -2.02. The van der Waals surface area contributed by atoms with Crippen LogP contribution >= 0.6 is 0 Å². The molecule has 0 aliphatic carbocycles. The summed E-state index contributed by atoms with van der Waals surface area (Å²) in [6, 6.07) is 2.81. The summed E-state index contributed by atoms with van der Waals surface area (Å²) < 4.78 is 25.5. The van der Waals surface area contributed by atoms with Gasteiger partial charge in [-0.1, -0.05) is 5.16 Å². The molecule has 0 fully saturated rings. The van der Waals surface area contributed by atoms with Gasteiger partial charge in [-0.25, -0.2) is 8.42 Å². The number of sulfone groups is 1. The van der Waals surface area contributed by atoms with E-state index in [1.165, 1.54) is 30.1 Å². The van der Waals surface area contributed by atoms with Crippen molar-refractivity contribution < 1.29 is 18.0 Å². The van der Waals surface area contributed by atoms with Gasteiger partial charge in [-0.2, -0.15) is 0 Å². The van der Waals surface area contributed by atoms with Crippen molar-refractivity contribution in [3.63, 3.8) is 0 Å². The fourth-order valence-corrected chi connectivity index (χ4v) is 4.14. The van der Waals surface area contributed by atoms with Crippen LogP contribution in [0.15, 0.2) is 33.2 Å². The summed E-state index contributed by atoms with van der Waals surface area (Å²) in [4.78, 5) is 29.9. The second-order valence-corrected chi connectivity index (χ2v) is 9.20. The second kappa shape index (κ2) is 11.2. The molecule has 0 saturated heterocycles. The minimum Gasteiger partial charge on any atom is -0.395 e. The van der Waals surface area contributed by atoms with E-state index in [1.807, 2.05) is 0 Å². The lowest BCUT2D eigenvalue weighted by Crippen LogP contribution is -2.27. The number of rotatable bonds is 8. The van der Waals surface area contributed by atoms with E-state index in [2.05, 4.69) is 15.6 Å². The van der Waals surface area contributed by atoms with Gasteiger partial charge in [0.25, 0.3) is 5.56 Å². The van der Waals surface area contributed by atoms with E-state index in [-0.39, 0.29) is 16.0 Å². The van der Waals surface area contributed by atoms with E-state index in [4.69, 9.17) is 16.3 Å². The topological polar surface area (TPSA) is 175 Å². The maximum absolute atomic E-state index is 12.8. The summed E-state index contributed by atoms with van der Waals surface area (Å²) in [6.45, 7) is 5.14. The second-order valence-electron chi connectivity index (χ2n) is 7.21. The lowest BCUT2D eigenvalue weighted by molar-refractivity contribution is 0.103. The highest BCUT2D eigenvalue weighted by Gasteiger charge is 2.27. The molecular formula is C20H30N6O5S. The van der Waals surface area contributed by atoms with Gasteiger partial charge in [-0.05, 0) is 24.6 Å². The Morgan fingerprint density at radius 1 is 1.25 bits per heavy atom. The van der Waals surface area contributed by atoms with E-state index in [0.717, 1.165) is 19.3 Å². The molecule has 176 valence electrons. The summed E-state index contributed by atoms with van der Waals surface area (Å²) in [5, 5.41) is 9.60. The number of benzene rings is 1. The molecule has 1 aromatic carbocycles. The number of nitrogens with two attached hydrogens (primary N) is 2. The van der Waals surface area contributed by atoms with Crippen LogP contribution in [0.1, 0.15) is 33.5 Å². The first-order valence-electron chi connectivity index (χ1n) is 10.1. The standard InChI is InChI=1S/C16H17N3O5S.C4H13N3/c1-9-10(15(20)11-8-17-19(2)16(11)21)4-5-13(25(3,22)23)14(9)12-6-7-24-18-12;5-1-3-7-4-2-6/h4-5,8,17H,6-7H2,1-3H3;7H,1-6H2. The SMILES string of the molecule is Cc1c(C(=O)c2c[nH]n(C)c2=O)ccc(S(C)(=O)=O)c1C1=NOCC1.NCCNCCN. The Bertz CT molecular complexity index is 1150. The molecule has 12 heteroatoms. The molecular weight excluding hydrogens is 436 g/mol. The first-order valence-corrected chi connectivity index (χ1v) is 11.9. The Labute approximate surface area is 186 Å². The molecule has 0 amide bonds. The lowest BCUT2D eigenvalue weighted by atomic mass is 9.93. The predicted octanol–water partition coefficient (Wildman–Crippen LogP) is -0.726. The Balaban J connectivity index is 0.000000451. The quantitative estimate of drug-likeness (QED) is 0.291. The van der Waals surface area contributed by atoms with E-state index in [0.29, 0.717) is 43.0 Å². The van der Waals surface area contributed by atoms with Crippen molar-refractivity contribution in [2.75, 3.05) is 39.0 Å². The monoisotopic (exact) mass is 466 g/mol. The summed E-state index contributed by atoms with van der Waals surface area (Å²) in [5.74, 6) is -0.472. The Kier molecular flexibility index (Phi) is 8.89. The van der Waals surface area contributed by atoms with Crippen LogP contribution in [-0.4, -0.2) is 68.7 Å². The van der Waals surface area contributed by atoms with Crippen molar-refractivity contribution in [1.82, 2.24) is 15.1 Å². The highest BCUT2D eigenvalue weighted by atomic mass is 32.2. The highest BCUT2D eigenvalue weighted by molar-refractivity contribution is 7.90. The Morgan fingerprint density at radius 3 is 2.38 bits per heavy atom. The number of aryl methyl sites for hydroxylation is 1. The Morgan fingerprint density at radius 2 is 1.91 bits per heavy atom. The van der Waals surface area contributed by atoms with Crippen LogP contribution in [0.5, 0.6) is 0 Å². The fourth-order valence-electron chi connectivity index (χ4n) is 3.18. The number of nitrogens with zero attached hydrogens (tertiary/aromatic N) is 2. The third kappa shape index (κ3) is 5.91. The average molecular weight is 467 g/mol. The smallest absolute Gasteiger partial charge is 0.277 e. The van der Waals surface area contributed by atoms with Crippen LogP contribution in [0.3, 0.4) is 0 Å². The number of hydrogen-bond acceptors (Lipinski definition) is 9. The third-order valence-electron chi connectivity index (χ3n) is 4.79. The van der Waals surface area contributed by atoms with Crippen LogP contribution in [0, 0.1) is 6.92 Å². The van der Waals surface area contributed by atoms with Gasteiger partial charge in [0, 0.05) is 63.2 Å². The van der Waals surface area contributed by atoms with Crippen LogP contribution in [-0.2, 0) is 21.7 Å².